The van der Waals surface area contributed by atoms with E-state index in [0.717, 1.165) is 10.2 Å². The zero-order chi connectivity index (χ0) is 18.4. The van der Waals surface area contributed by atoms with Crippen molar-refractivity contribution in [2.75, 3.05) is 33.4 Å². The Bertz CT molecular complexity index is 884. The van der Waals surface area contributed by atoms with E-state index < -0.39 is 5.82 Å². The Hall–Kier alpha value is -2.51. The average molecular weight is 374 g/mol. The molecule has 26 heavy (non-hydrogen) atoms. The third-order valence-electron chi connectivity index (χ3n) is 3.89. The van der Waals surface area contributed by atoms with Crippen LogP contribution in [0.5, 0.6) is 5.75 Å². The molecule has 7 heteroatoms. The van der Waals surface area contributed by atoms with E-state index in [1.165, 1.54) is 17.4 Å². The molecule has 0 unspecified atom stereocenters. The number of hydrogen-bond donors (Lipinski definition) is 0. The number of carbonyl (C=O) groups excluding carboxylic acids is 1. The van der Waals surface area contributed by atoms with E-state index in [1.807, 2.05) is 6.07 Å². The maximum absolute atomic E-state index is 13.6. The largest absolute Gasteiger partial charge is 0.489 e. The van der Waals surface area contributed by atoms with Crippen LogP contribution in [0.25, 0.3) is 10.2 Å². The number of amides is 1. The molecule has 3 aromatic rings. The van der Waals surface area contributed by atoms with Gasteiger partial charge in [0.15, 0.2) is 11.6 Å². The van der Waals surface area contributed by atoms with Crippen molar-refractivity contribution in [1.82, 2.24) is 9.88 Å². The number of carbonyl (C=O) groups is 1. The molecule has 0 aliphatic rings. The highest BCUT2D eigenvalue weighted by Crippen LogP contribution is 2.20. The molecule has 3 rings (SSSR count). The lowest BCUT2D eigenvalue weighted by Crippen LogP contribution is -2.37. The second-order valence-electron chi connectivity index (χ2n) is 5.60. The number of rotatable bonds is 8. The summed E-state index contributed by atoms with van der Waals surface area (Å²) in [5.74, 6) is -0.374. The number of fused-ring (bicyclic) bond motifs is 1. The molecule has 0 spiro atoms. The van der Waals surface area contributed by atoms with Gasteiger partial charge in [-0.1, -0.05) is 12.1 Å². The molecule has 1 aromatic heterocycles. The first-order chi connectivity index (χ1) is 12.7. The number of ether oxygens (including phenoxy) is 2. The van der Waals surface area contributed by atoms with E-state index >= 15 is 0 Å². The van der Waals surface area contributed by atoms with Crippen molar-refractivity contribution < 1.29 is 18.7 Å². The van der Waals surface area contributed by atoms with Gasteiger partial charge in [-0.15, -0.1) is 11.3 Å². The molecular formula is C19H19FN2O3S. The lowest BCUT2D eigenvalue weighted by Gasteiger charge is -2.22. The molecule has 0 radical (unpaired) electrons. The zero-order valence-electron chi connectivity index (χ0n) is 14.4. The van der Waals surface area contributed by atoms with Crippen molar-refractivity contribution in [3.63, 3.8) is 0 Å². The number of thiazole rings is 1. The van der Waals surface area contributed by atoms with Crippen LogP contribution in [-0.4, -0.2) is 49.2 Å². The summed E-state index contributed by atoms with van der Waals surface area (Å²) in [4.78, 5) is 18.7. The standard InChI is InChI=1S/C19H19FN2O3S/c1-24-10-8-22(9-11-25-17-5-3-2-4-15(17)20)19(23)14-6-7-18-16(12-14)21-13-26-18/h2-7,12-13H,8-11H2,1H3. The van der Waals surface area contributed by atoms with Gasteiger partial charge < -0.3 is 14.4 Å². The highest BCUT2D eigenvalue weighted by atomic mass is 32.1. The summed E-state index contributed by atoms with van der Waals surface area (Å²) in [6, 6.07) is 11.7. The molecule has 0 fully saturated rings. The highest BCUT2D eigenvalue weighted by molar-refractivity contribution is 7.16. The molecule has 136 valence electrons. The summed E-state index contributed by atoms with van der Waals surface area (Å²) in [5.41, 5.74) is 3.12. The van der Waals surface area contributed by atoms with Gasteiger partial charge >= 0.3 is 0 Å². The molecule has 0 aliphatic heterocycles. The summed E-state index contributed by atoms with van der Waals surface area (Å²) >= 11 is 1.53. The van der Waals surface area contributed by atoms with Gasteiger partial charge in [-0.25, -0.2) is 9.37 Å². The van der Waals surface area contributed by atoms with Gasteiger partial charge in [0.05, 0.1) is 28.9 Å². The Kier molecular flexibility index (Phi) is 6.14. The molecule has 0 aliphatic carbocycles. The van der Waals surface area contributed by atoms with Crippen LogP contribution in [-0.2, 0) is 4.74 Å². The second kappa shape index (κ2) is 8.73. The van der Waals surface area contributed by atoms with Crippen molar-refractivity contribution in [3.8, 4) is 5.75 Å². The topological polar surface area (TPSA) is 51.7 Å². The summed E-state index contributed by atoms with van der Waals surface area (Å²) in [7, 11) is 1.58. The van der Waals surface area contributed by atoms with E-state index in [9.17, 15) is 9.18 Å². The maximum Gasteiger partial charge on any atom is 0.254 e. The fraction of sp³-hybridized carbons (Fsp3) is 0.263. The first-order valence-corrected chi connectivity index (χ1v) is 9.06. The third kappa shape index (κ3) is 4.36. The minimum absolute atomic E-state index is 0.130. The minimum Gasteiger partial charge on any atom is -0.489 e. The van der Waals surface area contributed by atoms with Gasteiger partial charge in [0.1, 0.15) is 6.61 Å². The fourth-order valence-corrected chi connectivity index (χ4v) is 3.18. The quantitative estimate of drug-likeness (QED) is 0.605. The maximum atomic E-state index is 13.6. The number of methoxy groups -OCH3 is 1. The predicted molar refractivity (Wildman–Crippen MR) is 99.3 cm³/mol. The number of benzene rings is 2. The van der Waals surface area contributed by atoms with Crippen LogP contribution >= 0.6 is 11.3 Å². The van der Waals surface area contributed by atoms with Crippen molar-refractivity contribution in [1.29, 1.82) is 0 Å². The first-order valence-electron chi connectivity index (χ1n) is 8.18. The smallest absolute Gasteiger partial charge is 0.254 e. The molecule has 2 aromatic carbocycles. The lowest BCUT2D eigenvalue weighted by atomic mass is 10.2. The monoisotopic (exact) mass is 374 g/mol. The summed E-state index contributed by atoms with van der Waals surface area (Å²) in [6.45, 7) is 1.34. The van der Waals surface area contributed by atoms with E-state index in [-0.39, 0.29) is 18.3 Å². The van der Waals surface area contributed by atoms with E-state index in [1.54, 1.807) is 47.9 Å². The van der Waals surface area contributed by atoms with Crippen molar-refractivity contribution in [2.24, 2.45) is 0 Å². The van der Waals surface area contributed by atoms with Gasteiger partial charge in [-0.05, 0) is 30.3 Å². The summed E-state index contributed by atoms with van der Waals surface area (Å²) in [6.07, 6.45) is 0. The Morgan fingerprint density at radius 3 is 2.81 bits per heavy atom. The Labute approximate surface area is 155 Å². The second-order valence-corrected chi connectivity index (χ2v) is 6.49. The van der Waals surface area contributed by atoms with Crippen LogP contribution in [0.1, 0.15) is 10.4 Å². The van der Waals surface area contributed by atoms with Crippen LogP contribution in [0.2, 0.25) is 0 Å². The molecule has 0 saturated heterocycles. The first kappa shape index (κ1) is 18.3. The molecule has 0 N–H and O–H groups in total. The van der Waals surface area contributed by atoms with E-state index in [0.29, 0.717) is 25.3 Å². The third-order valence-corrected chi connectivity index (χ3v) is 4.70. The Morgan fingerprint density at radius 2 is 2.00 bits per heavy atom. The molecule has 0 saturated carbocycles. The van der Waals surface area contributed by atoms with Crippen molar-refractivity contribution >= 4 is 27.5 Å². The van der Waals surface area contributed by atoms with Crippen LogP contribution in [0.4, 0.5) is 4.39 Å². The summed E-state index contributed by atoms with van der Waals surface area (Å²) < 4.78 is 25.2. The van der Waals surface area contributed by atoms with Gasteiger partial charge in [-0.3, -0.25) is 4.79 Å². The fourth-order valence-electron chi connectivity index (χ4n) is 2.52. The molecule has 0 bridgehead atoms. The number of para-hydroxylation sites is 1. The van der Waals surface area contributed by atoms with Crippen LogP contribution in [0.15, 0.2) is 48.0 Å². The van der Waals surface area contributed by atoms with Crippen molar-refractivity contribution in [2.45, 2.75) is 0 Å². The Morgan fingerprint density at radius 1 is 1.19 bits per heavy atom. The number of halogens is 1. The van der Waals surface area contributed by atoms with Gasteiger partial charge in [0.25, 0.3) is 5.91 Å². The molecular weight excluding hydrogens is 355 g/mol. The van der Waals surface area contributed by atoms with Gasteiger partial charge in [0.2, 0.25) is 0 Å². The zero-order valence-corrected chi connectivity index (χ0v) is 15.2. The lowest BCUT2D eigenvalue weighted by molar-refractivity contribution is 0.0664. The molecule has 0 atom stereocenters. The Balaban J connectivity index is 1.68. The molecule has 1 heterocycles. The number of aromatic nitrogens is 1. The number of nitrogens with zero attached hydrogens (tertiary/aromatic N) is 2. The van der Waals surface area contributed by atoms with Crippen molar-refractivity contribution in [3.05, 3.63) is 59.4 Å². The SMILES string of the molecule is COCCN(CCOc1ccccc1F)C(=O)c1ccc2scnc2c1. The minimum atomic E-state index is -0.420. The summed E-state index contributed by atoms with van der Waals surface area (Å²) in [5, 5.41) is 0. The van der Waals surface area contributed by atoms with Gasteiger partial charge in [0, 0.05) is 19.2 Å². The van der Waals surface area contributed by atoms with Crippen LogP contribution in [0, 0.1) is 5.82 Å². The highest BCUT2D eigenvalue weighted by Gasteiger charge is 2.17. The van der Waals surface area contributed by atoms with Crippen LogP contribution in [0.3, 0.4) is 0 Å². The number of hydrogen-bond acceptors (Lipinski definition) is 5. The van der Waals surface area contributed by atoms with E-state index in [4.69, 9.17) is 9.47 Å². The van der Waals surface area contributed by atoms with Gasteiger partial charge in [-0.2, -0.15) is 0 Å². The normalized spacial score (nSPS) is 10.8. The molecule has 5 nitrogen and oxygen atoms in total. The molecule has 1 amide bonds. The van der Waals surface area contributed by atoms with E-state index in [2.05, 4.69) is 4.98 Å². The predicted octanol–water partition coefficient (Wildman–Crippen LogP) is 3.60. The average Bonchev–Trinajstić information content (AvgIpc) is 3.13. The van der Waals surface area contributed by atoms with Crippen LogP contribution < -0.4 is 4.74 Å².